The van der Waals surface area contributed by atoms with Crippen molar-refractivity contribution in [3.8, 4) is 11.5 Å². The Morgan fingerprint density at radius 1 is 1.26 bits per heavy atom. The molecule has 0 spiro atoms. The number of para-hydroxylation sites is 2. The van der Waals surface area contributed by atoms with Gasteiger partial charge >= 0.3 is 5.97 Å². The van der Waals surface area contributed by atoms with Gasteiger partial charge in [0.2, 0.25) is 0 Å². The lowest BCUT2D eigenvalue weighted by Crippen LogP contribution is -2.06. The van der Waals surface area contributed by atoms with Crippen LogP contribution >= 0.6 is 0 Å². The molecule has 0 aliphatic rings. The maximum Gasteiger partial charge on any atom is 0.302 e. The Balaban J connectivity index is 0.000000459. The van der Waals surface area contributed by atoms with Crippen LogP contribution in [0.2, 0.25) is 0 Å². The van der Waals surface area contributed by atoms with E-state index >= 15 is 0 Å². The number of hydrogen-bond acceptors (Lipinski definition) is 5. The molecule has 0 heterocycles. The highest BCUT2D eigenvalue weighted by atomic mass is 16.5. The first-order chi connectivity index (χ1) is 9.15. The van der Waals surface area contributed by atoms with E-state index in [4.69, 9.17) is 15.2 Å². The molecule has 5 nitrogen and oxygen atoms in total. The van der Waals surface area contributed by atoms with Crippen LogP contribution in [0.3, 0.4) is 0 Å². The second-order valence-corrected chi connectivity index (χ2v) is 3.57. The zero-order valence-electron chi connectivity index (χ0n) is 11.8. The molecule has 2 N–H and O–H groups in total. The van der Waals surface area contributed by atoms with Crippen molar-refractivity contribution in [2.45, 2.75) is 20.3 Å². The van der Waals surface area contributed by atoms with Gasteiger partial charge in [-0.25, -0.2) is 0 Å². The average Bonchev–Trinajstić information content (AvgIpc) is 2.40. The van der Waals surface area contributed by atoms with Crippen LogP contribution in [-0.4, -0.2) is 32.8 Å². The molecule has 108 valence electrons. The summed E-state index contributed by atoms with van der Waals surface area (Å²) in [6, 6.07) is 7.59. The highest BCUT2D eigenvalue weighted by Crippen LogP contribution is 2.25. The van der Waals surface area contributed by atoms with Gasteiger partial charge in [-0.2, -0.15) is 0 Å². The molecule has 0 bridgehead atoms. The first kappa shape index (κ1) is 17.2. The van der Waals surface area contributed by atoms with E-state index in [-0.39, 0.29) is 5.97 Å². The van der Waals surface area contributed by atoms with Gasteiger partial charge in [-0.3, -0.25) is 4.79 Å². The van der Waals surface area contributed by atoms with E-state index in [9.17, 15) is 4.79 Å². The van der Waals surface area contributed by atoms with Crippen molar-refractivity contribution >= 4 is 5.97 Å². The molecule has 1 aromatic rings. The van der Waals surface area contributed by atoms with Crippen molar-refractivity contribution in [1.29, 1.82) is 0 Å². The van der Waals surface area contributed by atoms with Gasteiger partial charge in [-0.15, -0.1) is 0 Å². The minimum atomic E-state index is -0.211. The molecule has 0 aromatic heterocycles. The van der Waals surface area contributed by atoms with Gasteiger partial charge in [-0.1, -0.05) is 12.1 Å². The lowest BCUT2D eigenvalue weighted by atomic mass is 10.3. The van der Waals surface area contributed by atoms with E-state index in [1.807, 2.05) is 24.3 Å². The fourth-order valence-corrected chi connectivity index (χ4v) is 1.21. The molecule has 0 radical (unpaired) electrons. The van der Waals surface area contributed by atoms with E-state index in [0.717, 1.165) is 17.9 Å². The summed E-state index contributed by atoms with van der Waals surface area (Å²) in [7, 11) is 1.63. The molecule has 0 aliphatic carbocycles. The van der Waals surface area contributed by atoms with Gasteiger partial charge in [0.25, 0.3) is 0 Å². The van der Waals surface area contributed by atoms with Crippen LogP contribution in [0.5, 0.6) is 11.5 Å². The Morgan fingerprint density at radius 2 is 1.89 bits per heavy atom. The van der Waals surface area contributed by atoms with Crippen LogP contribution in [-0.2, 0) is 9.53 Å². The van der Waals surface area contributed by atoms with Crippen molar-refractivity contribution in [2.75, 3.05) is 26.9 Å². The normalized spacial score (nSPS) is 9.05. The number of methoxy groups -OCH3 is 1. The highest BCUT2D eigenvalue weighted by Gasteiger charge is 2.00. The van der Waals surface area contributed by atoms with Gasteiger partial charge < -0.3 is 19.9 Å². The standard InChI is InChI=1S/C10H15NO2.C4H8O2/c1-12-9-5-2-3-6-10(9)13-8-4-7-11;1-3-6-4(2)5/h2-3,5-6H,4,7-8,11H2,1H3;3H2,1-2H3. The van der Waals surface area contributed by atoms with Gasteiger partial charge in [0.05, 0.1) is 20.3 Å². The molecule has 19 heavy (non-hydrogen) atoms. The van der Waals surface area contributed by atoms with E-state index in [1.54, 1.807) is 14.0 Å². The van der Waals surface area contributed by atoms with Crippen LogP contribution in [0.1, 0.15) is 20.3 Å². The minimum Gasteiger partial charge on any atom is -0.493 e. The summed E-state index contributed by atoms with van der Waals surface area (Å²) in [4.78, 5) is 9.82. The molecule has 0 saturated carbocycles. The molecule has 0 aliphatic heterocycles. The summed E-state index contributed by atoms with van der Waals surface area (Å²) in [5, 5.41) is 0. The average molecular weight is 269 g/mol. The largest absolute Gasteiger partial charge is 0.493 e. The van der Waals surface area contributed by atoms with Crippen molar-refractivity contribution in [1.82, 2.24) is 0 Å². The highest BCUT2D eigenvalue weighted by molar-refractivity contribution is 5.65. The number of ether oxygens (including phenoxy) is 3. The lowest BCUT2D eigenvalue weighted by Gasteiger charge is -2.09. The number of carbonyl (C=O) groups excluding carboxylic acids is 1. The molecule has 1 rings (SSSR count). The monoisotopic (exact) mass is 269 g/mol. The maximum absolute atomic E-state index is 9.82. The fourth-order valence-electron chi connectivity index (χ4n) is 1.21. The van der Waals surface area contributed by atoms with Crippen LogP contribution in [0.25, 0.3) is 0 Å². The zero-order chi connectivity index (χ0) is 14.5. The molecule has 0 fully saturated rings. The Hall–Kier alpha value is -1.75. The molecule has 0 saturated heterocycles. The molecule has 1 aromatic carbocycles. The number of hydrogen-bond donors (Lipinski definition) is 1. The summed E-state index contributed by atoms with van der Waals surface area (Å²) in [5.41, 5.74) is 5.35. The van der Waals surface area contributed by atoms with Gasteiger partial charge in [-0.05, 0) is 32.0 Å². The third-order valence-corrected chi connectivity index (χ3v) is 2.02. The molecule has 0 amide bonds. The molecule has 0 unspecified atom stereocenters. The quantitative estimate of drug-likeness (QED) is 0.631. The summed E-state index contributed by atoms with van der Waals surface area (Å²) < 4.78 is 15.0. The Labute approximate surface area is 114 Å². The third-order valence-electron chi connectivity index (χ3n) is 2.02. The van der Waals surface area contributed by atoms with E-state index in [2.05, 4.69) is 4.74 Å². The zero-order valence-corrected chi connectivity index (χ0v) is 11.8. The second kappa shape index (κ2) is 11.3. The number of nitrogens with two attached hydrogens (primary N) is 1. The molecule has 5 heteroatoms. The smallest absolute Gasteiger partial charge is 0.302 e. The minimum absolute atomic E-state index is 0.211. The first-order valence-corrected chi connectivity index (χ1v) is 6.24. The summed E-state index contributed by atoms with van der Waals surface area (Å²) >= 11 is 0. The van der Waals surface area contributed by atoms with Gasteiger partial charge in [0, 0.05) is 6.92 Å². The number of esters is 1. The van der Waals surface area contributed by atoms with E-state index in [1.165, 1.54) is 6.92 Å². The molecule has 0 atom stereocenters. The van der Waals surface area contributed by atoms with Crippen molar-refractivity contribution in [2.24, 2.45) is 5.73 Å². The van der Waals surface area contributed by atoms with Gasteiger partial charge in [0.15, 0.2) is 11.5 Å². The Morgan fingerprint density at radius 3 is 2.32 bits per heavy atom. The van der Waals surface area contributed by atoms with Crippen LogP contribution in [0.4, 0.5) is 0 Å². The maximum atomic E-state index is 9.82. The lowest BCUT2D eigenvalue weighted by molar-refractivity contribution is -0.140. The van der Waals surface area contributed by atoms with Crippen molar-refractivity contribution < 1.29 is 19.0 Å². The van der Waals surface area contributed by atoms with E-state index in [0.29, 0.717) is 19.8 Å². The topological polar surface area (TPSA) is 70.8 Å². The summed E-state index contributed by atoms with van der Waals surface area (Å²) in [6.45, 7) is 4.94. The number of benzene rings is 1. The predicted molar refractivity (Wildman–Crippen MR) is 74.5 cm³/mol. The summed E-state index contributed by atoms with van der Waals surface area (Å²) in [5.74, 6) is 1.33. The molecular formula is C14H23NO4. The van der Waals surface area contributed by atoms with Gasteiger partial charge in [0.1, 0.15) is 0 Å². The summed E-state index contributed by atoms with van der Waals surface area (Å²) in [6.07, 6.45) is 0.859. The SMILES string of the molecule is CCOC(C)=O.COc1ccccc1OCCCN. The van der Waals surface area contributed by atoms with Crippen molar-refractivity contribution in [3.05, 3.63) is 24.3 Å². The van der Waals surface area contributed by atoms with Crippen molar-refractivity contribution in [3.63, 3.8) is 0 Å². The molecular weight excluding hydrogens is 246 g/mol. The second-order valence-electron chi connectivity index (χ2n) is 3.57. The third kappa shape index (κ3) is 8.90. The van der Waals surface area contributed by atoms with E-state index < -0.39 is 0 Å². The number of rotatable bonds is 6. The van der Waals surface area contributed by atoms with Crippen LogP contribution < -0.4 is 15.2 Å². The van der Waals surface area contributed by atoms with Crippen LogP contribution in [0, 0.1) is 0 Å². The van der Waals surface area contributed by atoms with Crippen LogP contribution in [0.15, 0.2) is 24.3 Å². The predicted octanol–water partition coefficient (Wildman–Crippen LogP) is 1.99. The first-order valence-electron chi connectivity index (χ1n) is 6.24. The number of carbonyl (C=O) groups is 1. The Kier molecular flexibility index (Phi) is 10.3. The fraction of sp³-hybridized carbons (Fsp3) is 0.500. The Bertz CT molecular complexity index is 355.